The molecular formula is C11H13NO2S. The lowest BCUT2D eigenvalue weighted by atomic mass is 10.1. The number of carboxylic acid groups (broad SMARTS) is 1. The standard InChI is InChI=1S/C11H13NO2S/c1-2-4-12-5-3-9-8(7-12)6-10(15-9)11(13)14/h2,6H,1,3-5,7H2,(H,13,14). The second kappa shape index (κ2) is 4.16. The van der Waals surface area contributed by atoms with Crippen molar-refractivity contribution in [3.8, 4) is 0 Å². The molecule has 1 aromatic heterocycles. The molecule has 3 nitrogen and oxygen atoms in total. The highest BCUT2D eigenvalue weighted by atomic mass is 32.1. The molecule has 1 N–H and O–H groups in total. The van der Waals surface area contributed by atoms with Crippen molar-refractivity contribution in [2.24, 2.45) is 0 Å². The number of hydrogen-bond acceptors (Lipinski definition) is 3. The molecule has 0 aliphatic carbocycles. The Morgan fingerprint density at radius 1 is 1.73 bits per heavy atom. The van der Waals surface area contributed by atoms with E-state index in [1.807, 2.05) is 6.08 Å². The van der Waals surface area contributed by atoms with Crippen LogP contribution < -0.4 is 0 Å². The van der Waals surface area contributed by atoms with Crippen molar-refractivity contribution in [1.29, 1.82) is 0 Å². The molecule has 0 aromatic carbocycles. The predicted molar refractivity (Wildman–Crippen MR) is 60.5 cm³/mol. The predicted octanol–water partition coefficient (Wildman–Crippen LogP) is 1.99. The van der Waals surface area contributed by atoms with Gasteiger partial charge in [-0.2, -0.15) is 0 Å². The zero-order valence-electron chi connectivity index (χ0n) is 8.40. The van der Waals surface area contributed by atoms with Crippen LogP contribution >= 0.6 is 11.3 Å². The highest BCUT2D eigenvalue weighted by Gasteiger charge is 2.20. The van der Waals surface area contributed by atoms with Crippen LogP contribution in [0.5, 0.6) is 0 Å². The number of carboxylic acids is 1. The van der Waals surface area contributed by atoms with Crippen molar-refractivity contribution in [1.82, 2.24) is 4.90 Å². The average Bonchev–Trinajstić information content (AvgIpc) is 2.61. The maximum Gasteiger partial charge on any atom is 0.345 e. The van der Waals surface area contributed by atoms with E-state index in [1.54, 1.807) is 6.07 Å². The van der Waals surface area contributed by atoms with Crippen LogP contribution in [0, 0.1) is 0 Å². The van der Waals surface area contributed by atoms with Gasteiger partial charge in [-0.05, 0) is 18.1 Å². The maximum absolute atomic E-state index is 10.8. The quantitative estimate of drug-likeness (QED) is 0.797. The molecule has 1 aromatic rings. The van der Waals surface area contributed by atoms with Gasteiger partial charge in [-0.15, -0.1) is 17.9 Å². The molecule has 2 rings (SSSR count). The van der Waals surface area contributed by atoms with E-state index >= 15 is 0 Å². The molecule has 2 heterocycles. The molecule has 0 unspecified atom stereocenters. The van der Waals surface area contributed by atoms with Crippen LogP contribution in [0.3, 0.4) is 0 Å². The van der Waals surface area contributed by atoms with Gasteiger partial charge in [0.2, 0.25) is 0 Å². The summed E-state index contributed by atoms with van der Waals surface area (Å²) in [5, 5.41) is 8.88. The fourth-order valence-electron chi connectivity index (χ4n) is 1.84. The highest BCUT2D eigenvalue weighted by Crippen LogP contribution is 2.27. The summed E-state index contributed by atoms with van der Waals surface area (Å²) in [5.41, 5.74) is 1.17. The van der Waals surface area contributed by atoms with Crippen LogP contribution in [-0.4, -0.2) is 29.1 Å². The summed E-state index contributed by atoms with van der Waals surface area (Å²) in [5.74, 6) is -0.815. The monoisotopic (exact) mass is 223 g/mol. The Kier molecular flexibility index (Phi) is 2.88. The molecule has 0 radical (unpaired) electrons. The fraction of sp³-hybridized carbons (Fsp3) is 0.364. The van der Waals surface area contributed by atoms with E-state index in [4.69, 9.17) is 5.11 Å². The Balaban J connectivity index is 2.18. The number of fused-ring (bicyclic) bond motifs is 1. The van der Waals surface area contributed by atoms with E-state index in [2.05, 4.69) is 11.5 Å². The first-order chi connectivity index (χ1) is 7.20. The third-order valence-corrected chi connectivity index (χ3v) is 3.77. The van der Waals surface area contributed by atoms with Crippen molar-refractivity contribution in [2.75, 3.05) is 13.1 Å². The fourth-order valence-corrected chi connectivity index (χ4v) is 2.84. The molecule has 4 heteroatoms. The highest BCUT2D eigenvalue weighted by molar-refractivity contribution is 7.14. The first kappa shape index (κ1) is 10.4. The van der Waals surface area contributed by atoms with E-state index < -0.39 is 5.97 Å². The summed E-state index contributed by atoms with van der Waals surface area (Å²) in [7, 11) is 0. The van der Waals surface area contributed by atoms with E-state index in [0.29, 0.717) is 4.88 Å². The zero-order chi connectivity index (χ0) is 10.8. The maximum atomic E-state index is 10.8. The first-order valence-corrected chi connectivity index (χ1v) is 5.70. The number of thiophene rings is 1. The second-order valence-corrected chi connectivity index (χ2v) is 4.77. The van der Waals surface area contributed by atoms with Gasteiger partial charge in [-0.1, -0.05) is 6.08 Å². The number of nitrogens with zero attached hydrogens (tertiary/aromatic N) is 1. The first-order valence-electron chi connectivity index (χ1n) is 4.89. The normalized spacial score (nSPS) is 16.0. The van der Waals surface area contributed by atoms with Crippen LogP contribution in [0.25, 0.3) is 0 Å². The van der Waals surface area contributed by atoms with Crippen molar-refractivity contribution >= 4 is 17.3 Å². The Hall–Kier alpha value is -1.13. The summed E-state index contributed by atoms with van der Waals surface area (Å²) in [6.07, 6.45) is 2.84. The lowest BCUT2D eigenvalue weighted by Gasteiger charge is -2.25. The van der Waals surface area contributed by atoms with Gasteiger partial charge in [0.15, 0.2) is 0 Å². The molecule has 0 spiro atoms. The van der Waals surface area contributed by atoms with Crippen LogP contribution in [0.2, 0.25) is 0 Å². The van der Waals surface area contributed by atoms with Gasteiger partial charge in [0.1, 0.15) is 4.88 Å². The minimum atomic E-state index is -0.815. The molecule has 15 heavy (non-hydrogen) atoms. The van der Waals surface area contributed by atoms with Crippen LogP contribution in [-0.2, 0) is 13.0 Å². The Morgan fingerprint density at radius 2 is 2.53 bits per heavy atom. The number of rotatable bonds is 3. The number of hydrogen-bond donors (Lipinski definition) is 1. The van der Waals surface area contributed by atoms with Gasteiger partial charge >= 0.3 is 5.97 Å². The minimum absolute atomic E-state index is 0.459. The lowest BCUT2D eigenvalue weighted by Crippen LogP contribution is -2.29. The molecular weight excluding hydrogens is 210 g/mol. The van der Waals surface area contributed by atoms with Gasteiger partial charge in [-0.3, -0.25) is 4.90 Å². The summed E-state index contributed by atoms with van der Waals surface area (Å²) >= 11 is 1.41. The average molecular weight is 223 g/mol. The van der Waals surface area contributed by atoms with Crippen molar-refractivity contribution in [2.45, 2.75) is 13.0 Å². The molecule has 0 fully saturated rings. The van der Waals surface area contributed by atoms with Crippen LogP contribution in [0.15, 0.2) is 18.7 Å². The summed E-state index contributed by atoms with van der Waals surface area (Å²) in [6, 6.07) is 1.80. The SMILES string of the molecule is C=CCN1CCc2sc(C(=O)O)cc2C1. The molecule has 0 bridgehead atoms. The van der Waals surface area contributed by atoms with Gasteiger partial charge in [0.05, 0.1) is 0 Å². The van der Waals surface area contributed by atoms with Gasteiger partial charge in [-0.25, -0.2) is 4.79 Å². The smallest absolute Gasteiger partial charge is 0.345 e. The molecule has 80 valence electrons. The molecule has 0 atom stereocenters. The topological polar surface area (TPSA) is 40.5 Å². The molecule has 1 aliphatic rings. The van der Waals surface area contributed by atoms with Gasteiger partial charge < -0.3 is 5.11 Å². The Labute approximate surface area is 92.6 Å². The van der Waals surface area contributed by atoms with Crippen molar-refractivity contribution in [3.63, 3.8) is 0 Å². The molecule has 0 saturated carbocycles. The minimum Gasteiger partial charge on any atom is -0.477 e. The van der Waals surface area contributed by atoms with E-state index in [9.17, 15) is 4.79 Å². The number of aromatic carboxylic acids is 1. The van der Waals surface area contributed by atoms with Gasteiger partial charge in [0.25, 0.3) is 0 Å². The summed E-state index contributed by atoms with van der Waals surface area (Å²) in [6.45, 7) is 6.43. The largest absolute Gasteiger partial charge is 0.477 e. The van der Waals surface area contributed by atoms with Gasteiger partial charge in [0, 0.05) is 24.5 Å². The zero-order valence-corrected chi connectivity index (χ0v) is 9.22. The van der Waals surface area contributed by atoms with Crippen LogP contribution in [0.4, 0.5) is 0 Å². The second-order valence-electron chi connectivity index (χ2n) is 3.64. The van der Waals surface area contributed by atoms with Crippen molar-refractivity contribution in [3.05, 3.63) is 34.0 Å². The van der Waals surface area contributed by atoms with E-state index in [1.165, 1.54) is 21.8 Å². The summed E-state index contributed by atoms with van der Waals surface area (Å²) < 4.78 is 0. The Bertz CT molecular complexity index is 397. The third-order valence-electron chi connectivity index (χ3n) is 2.54. The molecule has 0 saturated heterocycles. The van der Waals surface area contributed by atoms with E-state index in [-0.39, 0.29) is 0 Å². The van der Waals surface area contributed by atoms with E-state index in [0.717, 1.165) is 26.1 Å². The number of carbonyl (C=O) groups is 1. The van der Waals surface area contributed by atoms with Crippen molar-refractivity contribution < 1.29 is 9.90 Å². The summed E-state index contributed by atoms with van der Waals surface area (Å²) in [4.78, 5) is 14.8. The Morgan fingerprint density at radius 3 is 3.20 bits per heavy atom. The van der Waals surface area contributed by atoms with Crippen LogP contribution in [0.1, 0.15) is 20.1 Å². The molecule has 1 aliphatic heterocycles. The lowest BCUT2D eigenvalue weighted by molar-refractivity contribution is 0.0702. The third kappa shape index (κ3) is 2.11. The molecule has 0 amide bonds.